The van der Waals surface area contributed by atoms with Gasteiger partial charge in [0.05, 0.1) is 17.5 Å². The van der Waals surface area contributed by atoms with Gasteiger partial charge in [-0.3, -0.25) is 4.79 Å². The molecule has 1 unspecified atom stereocenters. The lowest BCUT2D eigenvalue weighted by atomic mass is 9.97. The van der Waals surface area contributed by atoms with E-state index in [0.717, 1.165) is 21.7 Å². The molecule has 1 aliphatic rings. The van der Waals surface area contributed by atoms with Crippen molar-refractivity contribution in [1.29, 1.82) is 0 Å². The lowest BCUT2D eigenvalue weighted by Crippen LogP contribution is -2.09. The number of aliphatic imine (C=N–C) groups is 1. The minimum absolute atomic E-state index is 0.0842. The fourth-order valence-corrected chi connectivity index (χ4v) is 4.62. The Hall–Kier alpha value is -3.31. The van der Waals surface area contributed by atoms with Gasteiger partial charge in [-0.25, -0.2) is 4.99 Å². The second-order valence-electron chi connectivity index (χ2n) is 6.70. The highest BCUT2D eigenvalue weighted by Crippen LogP contribution is 2.46. The molecule has 0 radical (unpaired) electrons. The number of nitrogens with zero attached hydrogens (tertiary/aromatic N) is 1. The van der Waals surface area contributed by atoms with Crippen LogP contribution in [0.15, 0.2) is 90.1 Å². The largest absolute Gasteiger partial charge is 0.492 e. The van der Waals surface area contributed by atoms with E-state index in [-0.39, 0.29) is 5.25 Å². The van der Waals surface area contributed by atoms with E-state index in [1.54, 1.807) is 11.8 Å². The summed E-state index contributed by atoms with van der Waals surface area (Å²) < 4.78 is 5.64. The van der Waals surface area contributed by atoms with E-state index in [0.29, 0.717) is 24.5 Å². The first-order valence-electron chi connectivity index (χ1n) is 9.82. The average Bonchev–Trinajstić information content (AvgIpc) is 2.81. The van der Waals surface area contributed by atoms with Gasteiger partial charge in [0.15, 0.2) is 0 Å². The van der Waals surface area contributed by atoms with Crippen molar-refractivity contribution < 1.29 is 9.53 Å². The molecule has 0 aromatic heterocycles. The van der Waals surface area contributed by atoms with Gasteiger partial charge in [0.2, 0.25) is 6.41 Å². The Morgan fingerprint density at radius 3 is 2.43 bits per heavy atom. The zero-order chi connectivity index (χ0) is 20.8. The minimum Gasteiger partial charge on any atom is -0.492 e. The summed E-state index contributed by atoms with van der Waals surface area (Å²) in [7, 11) is 0. The molecular weight excluding hydrogens is 392 g/mol. The van der Waals surface area contributed by atoms with Crippen LogP contribution < -0.4 is 10.1 Å². The van der Waals surface area contributed by atoms with Crippen molar-refractivity contribution in [3.63, 3.8) is 0 Å². The van der Waals surface area contributed by atoms with Gasteiger partial charge >= 0.3 is 0 Å². The molecule has 3 aromatic carbocycles. The second-order valence-corrected chi connectivity index (χ2v) is 7.79. The lowest BCUT2D eigenvalue weighted by Gasteiger charge is -2.25. The maximum atomic E-state index is 11.1. The third-order valence-corrected chi connectivity index (χ3v) is 6.11. The number of ether oxygens (including phenoxy) is 1. The Morgan fingerprint density at radius 1 is 1.00 bits per heavy atom. The first-order valence-corrected chi connectivity index (χ1v) is 10.7. The summed E-state index contributed by atoms with van der Waals surface area (Å²) in [5.74, 6) is 0.655. The van der Waals surface area contributed by atoms with Crippen LogP contribution in [0.4, 0.5) is 5.69 Å². The predicted octanol–water partition coefficient (Wildman–Crippen LogP) is 5.93. The Kier molecular flexibility index (Phi) is 6.30. The van der Waals surface area contributed by atoms with Crippen molar-refractivity contribution in [1.82, 2.24) is 0 Å². The smallest absolute Gasteiger partial charge is 0.211 e. The normalized spacial score (nSPS) is 15.7. The van der Waals surface area contributed by atoms with Gasteiger partial charge in [0.25, 0.3) is 0 Å². The summed E-state index contributed by atoms with van der Waals surface area (Å²) in [6, 6.07) is 26.5. The maximum absolute atomic E-state index is 11.1. The molecule has 0 fully saturated rings. The van der Waals surface area contributed by atoms with Gasteiger partial charge < -0.3 is 10.1 Å². The first-order chi connectivity index (χ1) is 14.8. The van der Waals surface area contributed by atoms with Crippen LogP contribution >= 0.6 is 11.8 Å². The number of carbonyl (C=O) groups is 1. The molecule has 0 saturated carbocycles. The molecular formula is C25H22N2O2S. The Bertz CT molecular complexity index is 1080. The molecule has 150 valence electrons. The van der Waals surface area contributed by atoms with Gasteiger partial charge in [-0.1, -0.05) is 78.5 Å². The zero-order valence-electron chi connectivity index (χ0n) is 16.6. The SMILES string of the molecule is CCOc1ccc(C2=CN=C(c3ccccc3)SC2c2ccccc2)cc1NC=O. The molecule has 1 N–H and O–H groups in total. The summed E-state index contributed by atoms with van der Waals surface area (Å²) in [6.07, 6.45) is 2.61. The number of rotatable bonds is 7. The number of amides is 1. The number of thioether (sulfide) groups is 1. The summed E-state index contributed by atoms with van der Waals surface area (Å²) >= 11 is 1.73. The number of nitrogens with one attached hydrogen (secondary N) is 1. The van der Waals surface area contributed by atoms with Crippen LogP contribution in [0, 0.1) is 0 Å². The van der Waals surface area contributed by atoms with E-state index in [4.69, 9.17) is 9.73 Å². The van der Waals surface area contributed by atoms with E-state index in [1.165, 1.54) is 5.56 Å². The molecule has 30 heavy (non-hydrogen) atoms. The van der Waals surface area contributed by atoms with Crippen LogP contribution in [0.25, 0.3) is 5.57 Å². The van der Waals surface area contributed by atoms with E-state index in [1.807, 2.05) is 55.6 Å². The van der Waals surface area contributed by atoms with E-state index >= 15 is 0 Å². The van der Waals surface area contributed by atoms with Crippen molar-refractivity contribution in [2.24, 2.45) is 4.99 Å². The molecule has 5 heteroatoms. The lowest BCUT2D eigenvalue weighted by molar-refractivity contribution is -0.105. The van der Waals surface area contributed by atoms with Gasteiger partial charge in [-0.15, -0.1) is 0 Å². The molecule has 0 aliphatic carbocycles. The van der Waals surface area contributed by atoms with Crippen LogP contribution in [0.3, 0.4) is 0 Å². The summed E-state index contributed by atoms with van der Waals surface area (Å²) in [6.45, 7) is 2.45. The van der Waals surface area contributed by atoms with Crippen LogP contribution in [0.5, 0.6) is 5.75 Å². The number of benzene rings is 3. The monoisotopic (exact) mass is 414 g/mol. The molecule has 4 rings (SSSR count). The van der Waals surface area contributed by atoms with Crippen molar-refractivity contribution >= 4 is 34.5 Å². The standard InChI is InChI=1S/C25H22N2O2S/c1-2-29-23-14-13-20(15-22(23)27-17-28)21-16-26-25(19-11-7-4-8-12-19)30-24(21)18-9-5-3-6-10-18/h3-17,24H,2H2,1H3,(H,27,28). The molecule has 1 aliphatic heterocycles. The zero-order valence-corrected chi connectivity index (χ0v) is 17.4. The summed E-state index contributed by atoms with van der Waals surface area (Å²) in [5.41, 5.74) is 5.05. The maximum Gasteiger partial charge on any atom is 0.211 e. The predicted molar refractivity (Wildman–Crippen MR) is 125 cm³/mol. The fourth-order valence-electron chi connectivity index (χ4n) is 3.39. The highest BCUT2D eigenvalue weighted by molar-refractivity contribution is 8.15. The number of hydrogen-bond donors (Lipinski definition) is 1. The summed E-state index contributed by atoms with van der Waals surface area (Å²) in [5, 5.41) is 3.83. The Balaban J connectivity index is 1.78. The van der Waals surface area contributed by atoms with E-state index in [9.17, 15) is 4.79 Å². The topological polar surface area (TPSA) is 50.7 Å². The average molecular weight is 415 g/mol. The summed E-state index contributed by atoms with van der Waals surface area (Å²) in [4.78, 5) is 15.9. The van der Waals surface area contributed by atoms with Gasteiger partial charge in [0.1, 0.15) is 10.8 Å². The third-order valence-electron chi connectivity index (χ3n) is 4.78. The molecule has 0 saturated heterocycles. The van der Waals surface area contributed by atoms with Crippen molar-refractivity contribution in [3.05, 3.63) is 102 Å². The van der Waals surface area contributed by atoms with Crippen LogP contribution in [0.1, 0.15) is 28.9 Å². The molecule has 3 aromatic rings. The van der Waals surface area contributed by atoms with Gasteiger partial charge in [-0.05, 0) is 35.8 Å². The quantitative estimate of drug-likeness (QED) is 0.488. The third kappa shape index (κ3) is 4.31. The molecule has 1 atom stereocenters. The highest BCUT2D eigenvalue weighted by atomic mass is 32.2. The molecule has 0 spiro atoms. The first kappa shape index (κ1) is 20.0. The van der Waals surface area contributed by atoms with Crippen molar-refractivity contribution in [2.45, 2.75) is 12.2 Å². The Morgan fingerprint density at radius 2 is 1.73 bits per heavy atom. The second kappa shape index (κ2) is 9.46. The minimum atomic E-state index is 0.0842. The molecule has 0 bridgehead atoms. The molecule has 1 heterocycles. The fraction of sp³-hybridized carbons (Fsp3) is 0.120. The van der Waals surface area contributed by atoms with Gasteiger partial charge in [0, 0.05) is 11.8 Å². The Labute approximate surface area is 180 Å². The molecule has 1 amide bonds. The molecule has 4 nitrogen and oxygen atoms in total. The van der Waals surface area contributed by atoms with Crippen LogP contribution in [0.2, 0.25) is 0 Å². The van der Waals surface area contributed by atoms with E-state index < -0.39 is 0 Å². The van der Waals surface area contributed by atoms with Crippen molar-refractivity contribution in [3.8, 4) is 5.75 Å². The van der Waals surface area contributed by atoms with E-state index in [2.05, 4.69) is 41.7 Å². The number of carbonyl (C=O) groups excluding carboxylic acids is 1. The van der Waals surface area contributed by atoms with Crippen LogP contribution in [-0.2, 0) is 4.79 Å². The highest BCUT2D eigenvalue weighted by Gasteiger charge is 2.25. The number of anilines is 1. The van der Waals surface area contributed by atoms with Crippen LogP contribution in [-0.4, -0.2) is 18.1 Å². The van der Waals surface area contributed by atoms with Gasteiger partial charge in [-0.2, -0.15) is 0 Å². The van der Waals surface area contributed by atoms with Crippen molar-refractivity contribution in [2.75, 3.05) is 11.9 Å². The number of hydrogen-bond acceptors (Lipinski definition) is 4.